The van der Waals surface area contributed by atoms with E-state index >= 15 is 0 Å². The van der Waals surface area contributed by atoms with Crippen LogP contribution in [0.2, 0.25) is 15.1 Å². The van der Waals surface area contributed by atoms with Crippen LogP contribution in [0.4, 0.5) is 0 Å². The highest BCUT2D eigenvalue weighted by Crippen LogP contribution is 2.37. The Morgan fingerprint density at radius 3 is 2.54 bits per heavy atom. The molecular weight excluding hydrogens is 419 g/mol. The van der Waals surface area contributed by atoms with Gasteiger partial charge < -0.3 is 9.47 Å². The van der Waals surface area contributed by atoms with Crippen molar-refractivity contribution in [1.82, 2.24) is 4.98 Å². The highest BCUT2D eigenvalue weighted by Gasteiger charge is 2.15. The van der Waals surface area contributed by atoms with Crippen LogP contribution in [-0.2, 0) is 12.8 Å². The van der Waals surface area contributed by atoms with Gasteiger partial charge in [0.25, 0.3) is 0 Å². The lowest BCUT2D eigenvalue weighted by Crippen LogP contribution is -2.00. The van der Waals surface area contributed by atoms with Crippen molar-refractivity contribution in [2.45, 2.75) is 12.8 Å². The first-order chi connectivity index (χ1) is 13.5. The fourth-order valence-electron chi connectivity index (χ4n) is 2.65. The minimum Gasteiger partial charge on any atom is -0.480 e. The molecule has 0 fully saturated rings. The van der Waals surface area contributed by atoms with E-state index in [0.717, 1.165) is 17.7 Å². The standard InChI is InChI=1S/C21H15Cl3N2O2/c1-27-21-20(24)19(28-18-9-14(12-25)8-16(23)10-18)11-17(26-21)6-5-13-3-2-4-15(22)7-13/h2-4,7-11H,5-6H2,1H3. The van der Waals surface area contributed by atoms with Crippen molar-refractivity contribution in [3.63, 3.8) is 0 Å². The van der Waals surface area contributed by atoms with Crippen LogP contribution < -0.4 is 9.47 Å². The van der Waals surface area contributed by atoms with Crippen LogP contribution in [0.1, 0.15) is 16.8 Å². The number of rotatable bonds is 6. The van der Waals surface area contributed by atoms with Crippen molar-refractivity contribution in [3.05, 3.63) is 80.4 Å². The van der Waals surface area contributed by atoms with E-state index in [1.54, 1.807) is 24.3 Å². The SMILES string of the molecule is COc1nc(CCc2cccc(Cl)c2)cc(Oc2cc(Cl)cc(C#N)c2)c1Cl. The minimum absolute atomic E-state index is 0.243. The molecule has 0 aliphatic carbocycles. The lowest BCUT2D eigenvalue weighted by molar-refractivity contribution is 0.390. The number of hydrogen-bond donors (Lipinski definition) is 0. The Morgan fingerprint density at radius 1 is 1.00 bits per heavy atom. The summed E-state index contributed by atoms with van der Waals surface area (Å²) in [6.07, 6.45) is 1.39. The second kappa shape index (κ2) is 9.16. The molecule has 4 nitrogen and oxygen atoms in total. The van der Waals surface area contributed by atoms with Gasteiger partial charge in [0, 0.05) is 21.8 Å². The van der Waals surface area contributed by atoms with E-state index in [1.807, 2.05) is 30.3 Å². The molecule has 0 N–H and O–H groups in total. The number of methoxy groups -OCH3 is 1. The van der Waals surface area contributed by atoms with Gasteiger partial charge >= 0.3 is 0 Å². The highest BCUT2D eigenvalue weighted by atomic mass is 35.5. The average Bonchev–Trinajstić information content (AvgIpc) is 2.68. The van der Waals surface area contributed by atoms with Crippen molar-refractivity contribution in [3.8, 4) is 23.4 Å². The maximum absolute atomic E-state index is 9.10. The summed E-state index contributed by atoms with van der Waals surface area (Å²) in [4.78, 5) is 4.44. The molecule has 3 rings (SSSR count). The van der Waals surface area contributed by atoms with E-state index in [0.29, 0.717) is 33.5 Å². The predicted octanol–water partition coefficient (Wildman–Crippen LogP) is 6.50. The predicted molar refractivity (Wildman–Crippen MR) is 111 cm³/mol. The van der Waals surface area contributed by atoms with E-state index in [9.17, 15) is 0 Å². The number of nitriles is 1. The molecule has 0 amide bonds. The van der Waals surface area contributed by atoms with Crippen LogP contribution in [0.3, 0.4) is 0 Å². The maximum atomic E-state index is 9.10. The normalized spacial score (nSPS) is 10.4. The van der Waals surface area contributed by atoms with Gasteiger partial charge in [-0.1, -0.05) is 46.9 Å². The molecule has 0 bridgehead atoms. The van der Waals surface area contributed by atoms with Gasteiger partial charge in [0.1, 0.15) is 10.8 Å². The van der Waals surface area contributed by atoms with Crippen LogP contribution >= 0.6 is 34.8 Å². The summed E-state index contributed by atoms with van der Waals surface area (Å²) in [5, 5.41) is 10.4. The molecule has 1 heterocycles. The summed E-state index contributed by atoms with van der Waals surface area (Å²) in [5.74, 6) is 1.04. The van der Waals surface area contributed by atoms with Crippen LogP contribution in [0.5, 0.6) is 17.4 Å². The van der Waals surface area contributed by atoms with Crippen molar-refractivity contribution in [1.29, 1.82) is 5.26 Å². The van der Waals surface area contributed by atoms with Crippen LogP contribution in [0.15, 0.2) is 48.5 Å². The molecule has 0 aliphatic heterocycles. The Bertz CT molecular complexity index is 1050. The molecule has 142 valence electrons. The summed E-state index contributed by atoms with van der Waals surface area (Å²) in [7, 11) is 1.49. The Morgan fingerprint density at radius 2 is 1.82 bits per heavy atom. The first kappa shape index (κ1) is 20.3. The van der Waals surface area contributed by atoms with Crippen molar-refractivity contribution < 1.29 is 9.47 Å². The van der Waals surface area contributed by atoms with Gasteiger partial charge in [-0.05, 0) is 48.7 Å². The fourth-order valence-corrected chi connectivity index (χ4v) is 3.30. The van der Waals surface area contributed by atoms with E-state index in [1.165, 1.54) is 7.11 Å². The van der Waals surface area contributed by atoms with Gasteiger partial charge in [-0.2, -0.15) is 5.26 Å². The topological polar surface area (TPSA) is 55.1 Å². The molecule has 0 saturated heterocycles. The number of benzene rings is 2. The molecule has 0 unspecified atom stereocenters. The Hall–Kier alpha value is -2.45. The first-order valence-electron chi connectivity index (χ1n) is 8.35. The Labute approximate surface area is 178 Å². The third-order valence-electron chi connectivity index (χ3n) is 3.93. The molecular formula is C21H15Cl3N2O2. The van der Waals surface area contributed by atoms with Gasteiger partial charge in [-0.15, -0.1) is 0 Å². The Balaban J connectivity index is 1.87. The number of pyridine rings is 1. The maximum Gasteiger partial charge on any atom is 0.236 e. The van der Waals surface area contributed by atoms with E-state index in [2.05, 4.69) is 4.98 Å². The van der Waals surface area contributed by atoms with Crippen molar-refractivity contribution in [2.24, 2.45) is 0 Å². The quantitative estimate of drug-likeness (QED) is 0.445. The summed E-state index contributed by atoms with van der Waals surface area (Å²) >= 11 is 18.4. The van der Waals surface area contributed by atoms with Gasteiger partial charge in [-0.3, -0.25) is 0 Å². The zero-order chi connectivity index (χ0) is 20.1. The molecule has 7 heteroatoms. The summed E-state index contributed by atoms with van der Waals surface area (Å²) in [6, 6.07) is 16.2. The molecule has 0 spiro atoms. The lowest BCUT2D eigenvalue weighted by Gasteiger charge is -2.13. The second-order valence-electron chi connectivity index (χ2n) is 5.95. The number of halogens is 3. The van der Waals surface area contributed by atoms with Gasteiger partial charge in [0.2, 0.25) is 5.88 Å². The number of aromatic nitrogens is 1. The third kappa shape index (κ3) is 5.08. The van der Waals surface area contributed by atoms with Crippen molar-refractivity contribution >= 4 is 34.8 Å². The number of nitrogens with zero attached hydrogens (tertiary/aromatic N) is 2. The molecule has 0 saturated carbocycles. The molecule has 0 radical (unpaired) electrons. The third-order valence-corrected chi connectivity index (χ3v) is 4.73. The smallest absolute Gasteiger partial charge is 0.236 e. The molecule has 28 heavy (non-hydrogen) atoms. The zero-order valence-electron chi connectivity index (χ0n) is 14.9. The molecule has 1 aromatic heterocycles. The number of ether oxygens (including phenoxy) is 2. The van der Waals surface area contributed by atoms with E-state index in [4.69, 9.17) is 49.5 Å². The monoisotopic (exact) mass is 432 g/mol. The van der Waals surface area contributed by atoms with Gasteiger partial charge in [-0.25, -0.2) is 4.98 Å². The molecule has 0 atom stereocenters. The Kier molecular flexibility index (Phi) is 6.64. The lowest BCUT2D eigenvalue weighted by atomic mass is 10.1. The number of aryl methyl sites for hydroxylation is 2. The van der Waals surface area contributed by atoms with Crippen LogP contribution in [-0.4, -0.2) is 12.1 Å². The second-order valence-corrected chi connectivity index (χ2v) is 7.21. The number of hydrogen-bond acceptors (Lipinski definition) is 4. The van der Waals surface area contributed by atoms with Crippen molar-refractivity contribution in [2.75, 3.05) is 7.11 Å². The van der Waals surface area contributed by atoms with Crippen LogP contribution in [0, 0.1) is 11.3 Å². The average molecular weight is 434 g/mol. The molecule has 2 aromatic carbocycles. The largest absolute Gasteiger partial charge is 0.480 e. The fraction of sp³-hybridized carbons (Fsp3) is 0.143. The van der Waals surface area contributed by atoms with E-state index < -0.39 is 0 Å². The summed E-state index contributed by atoms with van der Waals surface area (Å²) in [6.45, 7) is 0. The molecule has 3 aromatic rings. The molecule has 0 aliphatic rings. The summed E-state index contributed by atoms with van der Waals surface area (Å²) in [5.41, 5.74) is 2.23. The minimum atomic E-state index is 0.243. The van der Waals surface area contributed by atoms with E-state index in [-0.39, 0.29) is 10.9 Å². The zero-order valence-corrected chi connectivity index (χ0v) is 17.1. The van der Waals surface area contributed by atoms with Gasteiger partial charge in [0.05, 0.1) is 18.7 Å². The summed E-state index contributed by atoms with van der Waals surface area (Å²) < 4.78 is 11.2. The van der Waals surface area contributed by atoms with Crippen LogP contribution in [0.25, 0.3) is 0 Å². The van der Waals surface area contributed by atoms with Gasteiger partial charge in [0.15, 0.2) is 5.75 Å². The first-order valence-corrected chi connectivity index (χ1v) is 9.48. The highest BCUT2D eigenvalue weighted by molar-refractivity contribution is 6.33.